The van der Waals surface area contributed by atoms with Gasteiger partial charge in [0.2, 0.25) is 5.91 Å². The third kappa shape index (κ3) is 4.49. The normalized spacial score (nSPS) is 17.1. The molecule has 2 aromatic heterocycles. The Balaban J connectivity index is 1.45. The van der Waals surface area contributed by atoms with Crippen LogP contribution in [0, 0.1) is 0 Å². The molecular weight excluding hydrogens is 456 g/mol. The van der Waals surface area contributed by atoms with Crippen LogP contribution in [0.5, 0.6) is 5.75 Å². The number of carbonyl (C=O) groups excluding carboxylic acids is 2. The molecule has 8 heteroatoms. The van der Waals surface area contributed by atoms with E-state index in [-0.39, 0.29) is 18.4 Å². The molecule has 0 bridgehead atoms. The number of rotatable bonds is 8. The molecule has 1 N–H and O–H groups in total. The fourth-order valence-electron chi connectivity index (χ4n) is 4.54. The minimum atomic E-state index is -1.13. The van der Waals surface area contributed by atoms with Gasteiger partial charge in [-0.15, -0.1) is 0 Å². The molecule has 0 aliphatic carbocycles. The monoisotopic (exact) mass is 484 g/mol. The molecule has 184 valence electrons. The van der Waals surface area contributed by atoms with Crippen molar-refractivity contribution in [1.82, 2.24) is 20.0 Å². The maximum atomic E-state index is 13.8. The summed E-state index contributed by atoms with van der Waals surface area (Å²) in [6.07, 6.45) is 2.11. The van der Waals surface area contributed by atoms with E-state index in [0.29, 0.717) is 30.9 Å². The van der Waals surface area contributed by atoms with Crippen LogP contribution in [-0.4, -0.2) is 45.7 Å². The van der Waals surface area contributed by atoms with Crippen molar-refractivity contribution in [3.63, 3.8) is 0 Å². The predicted molar refractivity (Wildman–Crippen MR) is 134 cm³/mol. The Hall–Kier alpha value is -4.33. The fraction of sp³-hybridized carbons (Fsp3) is 0.250. The van der Waals surface area contributed by atoms with Gasteiger partial charge >= 0.3 is 0 Å². The number of nitrogens with one attached hydrogen (secondary N) is 1. The van der Waals surface area contributed by atoms with Crippen molar-refractivity contribution >= 4 is 11.8 Å². The van der Waals surface area contributed by atoms with Crippen molar-refractivity contribution in [2.24, 2.45) is 0 Å². The standard InChI is InChI=1S/C28H28N4O4/c1-28(27(34)29-18-20-7-4-3-5-8-20)19-32-25(26(33)31(28)15-14-23-9-6-16-36-23)17-24(30-32)21-10-12-22(35-2)13-11-21/h3-13,16-17H,14-15,18-19H2,1-2H3,(H,29,34)/t28-/m1/s1. The quantitative estimate of drug-likeness (QED) is 0.409. The molecule has 36 heavy (non-hydrogen) atoms. The number of nitrogens with zero attached hydrogens (tertiary/aromatic N) is 3. The van der Waals surface area contributed by atoms with E-state index in [0.717, 1.165) is 22.6 Å². The summed E-state index contributed by atoms with van der Waals surface area (Å²) in [6.45, 7) is 2.75. The molecule has 1 aliphatic rings. The first-order valence-corrected chi connectivity index (χ1v) is 11.9. The highest BCUT2D eigenvalue weighted by Gasteiger charge is 2.47. The van der Waals surface area contributed by atoms with Crippen LogP contribution in [0.4, 0.5) is 0 Å². The first-order valence-electron chi connectivity index (χ1n) is 11.9. The average Bonchev–Trinajstić information content (AvgIpc) is 3.58. The van der Waals surface area contributed by atoms with E-state index in [1.165, 1.54) is 0 Å². The largest absolute Gasteiger partial charge is 0.497 e. The summed E-state index contributed by atoms with van der Waals surface area (Å²) in [5.41, 5.74) is 1.84. The molecule has 0 radical (unpaired) electrons. The number of amides is 2. The van der Waals surface area contributed by atoms with Crippen LogP contribution in [0.2, 0.25) is 0 Å². The van der Waals surface area contributed by atoms with Gasteiger partial charge in [-0.1, -0.05) is 30.3 Å². The number of benzene rings is 2. The fourth-order valence-corrected chi connectivity index (χ4v) is 4.54. The van der Waals surface area contributed by atoms with Crippen molar-refractivity contribution < 1.29 is 18.7 Å². The Labute approximate surface area is 209 Å². The number of fused-ring (bicyclic) bond motifs is 1. The van der Waals surface area contributed by atoms with E-state index >= 15 is 0 Å². The first kappa shape index (κ1) is 23.4. The summed E-state index contributed by atoms with van der Waals surface area (Å²) < 4.78 is 12.4. The number of methoxy groups -OCH3 is 1. The Bertz CT molecular complexity index is 1350. The molecule has 1 aliphatic heterocycles. The summed E-state index contributed by atoms with van der Waals surface area (Å²) >= 11 is 0. The van der Waals surface area contributed by atoms with Gasteiger partial charge in [0.05, 0.1) is 25.6 Å². The minimum Gasteiger partial charge on any atom is -0.497 e. The number of aromatic nitrogens is 2. The van der Waals surface area contributed by atoms with Crippen LogP contribution in [0.3, 0.4) is 0 Å². The zero-order valence-corrected chi connectivity index (χ0v) is 20.3. The molecular formula is C28H28N4O4. The van der Waals surface area contributed by atoms with Crippen molar-refractivity contribution in [3.8, 4) is 17.0 Å². The van der Waals surface area contributed by atoms with Crippen LogP contribution in [0.25, 0.3) is 11.3 Å². The summed E-state index contributed by atoms with van der Waals surface area (Å²) in [5.74, 6) is 1.03. The maximum Gasteiger partial charge on any atom is 0.273 e. The third-order valence-corrected chi connectivity index (χ3v) is 6.63. The summed E-state index contributed by atoms with van der Waals surface area (Å²) in [4.78, 5) is 29.0. The van der Waals surface area contributed by atoms with Gasteiger partial charge < -0.3 is 19.4 Å². The van der Waals surface area contributed by atoms with E-state index < -0.39 is 5.54 Å². The molecule has 4 aromatic rings. The van der Waals surface area contributed by atoms with Crippen molar-refractivity contribution in [2.75, 3.05) is 13.7 Å². The van der Waals surface area contributed by atoms with Gasteiger partial charge in [0.1, 0.15) is 22.7 Å². The second-order valence-corrected chi connectivity index (χ2v) is 9.03. The summed E-state index contributed by atoms with van der Waals surface area (Å²) in [6, 6.07) is 22.7. The SMILES string of the molecule is COc1ccc(-c2cc3n(n2)C[C@](C)(C(=O)NCc2ccccc2)N(CCc2ccco2)C3=O)cc1. The number of hydrogen-bond donors (Lipinski definition) is 1. The second-order valence-electron chi connectivity index (χ2n) is 9.03. The smallest absolute Gasteiger partial charge is 0.273 e. The second kappa shape index (κ2) is 9.73. The van der Waals surface area contributed by atoms with E-state index in [4.69, 9.17) is 14.3 Å². The Morgan fingerprint density at radius 1 is 1.11 bits per heavy atom. The summed E-state index contributed by atoms with van der Waals surface area (Å²) in [5, 5.41) is 7.72. The number of hydrogen-bond acceptors (Lipinski definition) is 5. The van der Waals surface area contributed by atoms with Crippen LogP contribution in [0.1, 0.15) is 28.7 Å². The average molecular weight is 485 g/mol. The molecule has 0 fully saturated rings. The zero-order valence-electron chi connectivity index (χ0n) is 20.3. The first-order chi connectivity index (χ1) is 17.5. The maximum absolute atomic E-state index is 13.8. The lowest BCUT2D eigenvalue weighted by molar-refractivity contribution is -0.133. The minimum absolute atomic E-state index is 0.230. The van der Waals surface area contributed by atoms with Gasteiger partial charge in [-0.2, -0.15) is 5.10 Å². The number of furan rings is 1. The molecule has 8 nitrogen and oxygen atoms in total. The molecule has 0 saturated heterocycles. The topological polar surface area (TPSA) is 89.6 Å². The highest BCUT2D eigenvalue weighted by Crippen LogP contribution is 2.31. The molecule has 0 unspecified atom stereocenters. The number of carbonyl (C=O) groups is 2. The molecule has 0 spiro atoms. The molecule has 1 atom stereocenters. The van der Waals surface area contributed by atoms with E-state index in [9.17, 15) is 9.59 Å². The Morgan fingerprint density at radius 3 is 2.58 bits per heavy atom. The van der Waals surface area contributed by atoms with Crippen LogP contribution < -0.4 is 10.1 Å². The van der Waals surface area contributed by atoms with Gasteiger partial charge in [-0.3, -0.25) is 14.3 Å². The lowest BCUT2D eigenvalue weighted by atomic mass is 9.94. The molecule has 0 saturated carbocycles. The zero-order chi connectivity index (χ0) is 25.1. The van der Waals surface area contributed by atoms with Gasteiger partial charge in [0.25, 0.3) is 5.91 Å². The van der Waals surface area contributed by atoms with Crippen molar-refractivity contribution in [3.05, 3.63) is 96.1 Å². The van der Waals surface area contributed by atoms with Gasteiger partial charge in [-0.25, -0.2) is 0 Å². The highest BCUT2D eigenvalue weighted by atomic mass is 16.5. The van der Waals surface area contributed by atoms with Crippen LogP contribution >= 0.6 is 0 Å². The number of ether oxygens (including phenoxy) is 1. The lowest BCUT2D eigenvalue weighted by Gasteiger charge is -2.43. The van der Waals surface area contributed by atoms with Crippen LogP contribution in [0.15, 0.2) is 83.5 Å². The molecule has 2 amide bonds. The van der Waals surface area contributed by atoms with Gasteiger partial charge in [0.15, 0.2) is 0 Å². The molecule has 3 heterocycles. The van der Waals surface area contributed by atoms with Gasteiger partial charge in [0, 0.05) is 25.1 Å². The Morgan fingerprint density at radius 2 is 1.89 bits per heavy atom. The summed E-state index contributed by atoms with van der Waals surface area (Å²) in [7, 11) is 1.62. The van der Waals surface area contributed by atoms with Gasteiger partial charge in [-0.05, 0) is 55.0 Å². The van der Waals surface area contributed by atoms with E-state index in [1.807, 2.05) is 66.7 Å². The molecule has 2 aromatic carbocycles. The highest BCUT2D eigenvalue weighted by molar-refractivity contribution is 6.00. The van der Waals surface area contributed by atoms with Crippen molar-refractivity contribution in [2.45, 2.75) is 32.0 Å². The van der Waals surface area contributed by atoms with E-state index in [1.54, 1.807) is 35.9 Å². The third-order valence-electron chi connectivity index (χ3n) is 6.63. The lowest BCUT2D eigenvalue weighted by Crippen LogP contribution is -2.64. The Kier molecular flexibility index (Phi) is 6.33. The van der Waals surface area contributed by atoms with E-state index in [2.05, 4.69) is 5.32 Å². The van der Waals surface area contributed by atoms with Crippen LogP contribution in [-0.2, 0) is 24.3 Å². The molecule has 5 rings (SSSR count). The van der Waals surface area contributed by atoms with Crippen molar-refractivity contribution in [1.29, 1.82) is 0 Å². The predicted octanol–water partition coefficient (Wildman–Crippen LogP) is 3.93.